The van der Waals surface area contributed by atoms with E-state index in [2.05, 4.69) is 0 Å². The van der Waals surface area contributed by atoms with Crippen LogP contribution in [0.4, 0.5) is 0 Å². The van der Waals surface area contributed by atoms with Crippen molar-refractivity contribution in [3.8, 4) is 0 Å². The van der Waals surface area contributed by atoms with Crippen LogP contribution >= 0.6 is 0 Å². The van der Waals surface area contributed by atoms with Gasteiger partial charge in [0.25, 0.3) is 0 Å². The fraction of sp³-hybridized carbons (Fsp3) is 0.786. The third-order valence-corrected chi connectivity index (χ3v) is 13.3. The van der Waals surface area contributed by atoms with Gasteiger partial charge in [-0.2, -0.15) is 0 Å². The van der Waals surface area contributed by atoms with Gasteiger partial charge < -0.3 is 0 Å². The summed E-state index contributed by atoms with van der Waals surface area (Å²) in [5.41, 5.74) is 0. The molecule has 0 aliphatic heterocycles. The Morgan fingerprint density at radius 1 is 0.762 bits per heavy atom. The Morgan fingerprint density at radius 3 is 1.24 bits per heavy atom. The fourth-order valence-electron chi connectivity index (χ4n) is 1.36. The molecule has 0 N–H and O–H groups in total. The summed E-state index contributed by atoms with van der Waals surface area (Å²) in [6, 6.07) is 0. The minimum absolute atomic E-state index is 0.131. The molecular formula is C14H26O6Sn. The Kier molecular flexibility index (Phi) is 8.28. The van der Waals surface area contributed by atoms with Gasteiger partial charge in [-0.15, -0.1) is 0 Å². The van der Waals surface area contributed by atoms with Crippen LogP contribution in [0.2, 0.25) is 3.43 Å². The van der Waals surface area contributed by atoms with Crippen LogP contribution in [0, 0.1) is 0 Å². The minimum atomic E-state index is -4.74. The van der Waals surface area contributed by atoms with E-state index in [1.54, 1.807) is 34.6 Å². The van der Waals surface area contributed by atoms with Crippen molar-refractivity contribution >= 4 is 37.5 Å². The molecule has 0 aromatic rings. The molecule has 0 aliphatic rings. The van der Waals surface area contributed by atoms with Crippen molar-refractivity contribution in [1.29, 1.82) is 0 Å². The van der Waals surface area contributed by atoms with E-state index in [4.69, 9.17) is 9.22 Å². The summed E-state index contributed by atoms with van der Waals surface area (Å²) in [6.07, 6.45) is 0.956. The maximum atomic E-state index is 11.8. The van der Waals surface area contributed by atoms with E-state index in [0.717, 1.165) is 0 Å². The van der Waals surface area contributed by atoms with Gasteiger partial charge in [-0.3, -0.25) is 0 Å². The molecule has 122 valence electrons. The quantitative estimate of drug-likeness (QED) is 0.574. The molecule has 0 radical (unpaired) electrons. The monoisotopic (exact) mass is 410 g/mol. The van der Waals surface area contributed by atoms with Gasteiger partial charge in [0, 0.05) is 0 Å². The van der Waals surface area contributed by atoms with Crippen LogP contribution in [0.3, 0.4) is 0 Å². The summed E-state index contributed by atoms with van der Waals surface area (Å²) >= 11 is -4.74. The number of rotatable bonds is 8. The first-order chi connectivity index (χ1) is 9.67. The molecule has 0 amide bonds. The Bertz CT molecular complexity index is 345. The van der Waals surface area contributed by atoms with Gasteiger partial charge in [-0.1, -0.05) is 0 Å². The average Bonchev–Trinajstić information content (AvgIpc) is 2.46. The number of hydrogen-bond donors (Lipinski definition) is 0. The molecule has 0 heterocycles. The molecule has 0 aliphatic carbocycles. The first-order valence-corrected chi connectivity index (χ1v) is 12.3. The second-order valence-corrected chi connectivity index (χ2v) is 14.1. The van der Waals surface area contributed by atoms with Gasteiger partial charge in [0.2, 0.25) is 0 Å². The van der Waals surface area contributed by atoms with Crippen LogP contribution in [-0.4, -0.2) is 37.5 Å². The van der Waals surface area contributed by atoms with Gasteiger partial charge in [0.15, 0.2) is 0 Å². The maximum absolute atomic E-state index is 11.8. The van der Waals surface area contributed by atoms with Crippen LogP contribution in [0.1, 0.15) is 67.2 Å². The van der Waals surface area contributed by atoms with E-state index in [-0.39, 0.29) is 19.3 Å². The van der Waals surface area contributed by atoms with Crippen molar-refractivity contribution in [2.24, 2.45) is 0 Å². The first kappa shape index (κ1) is 20.2. The first-order valence-electron chi connectivity index (χ1n) is 7.33. The van der Waals surface area contributed by atoms with Crippen molar-refractivity contribution < 1.29 is 23.6 Å². The summed E-state index contributed by atoms with van der Waals surface area (Å²) in [4.78, 5) is 35.3. The summed E-state index contributed by atoms with van der Waals surface area (Å²) < 4.78 is 15.7. The predicted octanol–water partition coefficient (Wildman–Crippen LogP) is 2.98. The van der Waals surface area contributed by atoms with Crippen molar-refractivity contribution in [2.45, 2.75) is 70.7 Å². The van der Waals surface area contributed by atoms with Gasteiger partial charge in [0.05, 0.1) is 0 Å². The second kappa shape index (κ2) is 8.60. The molecule has 0 aromatic heterocycles. The zero-order valence-electron chi connectivity index (χ0n) is 13.8. The van der Waals surface area contributed by atoms with Crippen LogP contribution in [0.15, 0.2) is 0 Å². The molecule has 0 saturated carbocycles. The average molecular weight is 409 g/mol. The third-order valence-electron chi connectivity index (χ3n) is 3.32. The molecule has 0 fully saturated rings. The van der Waals surface area contributed by atoms with Crippen molar-refractivity contribution in [2.75, 3.05) is 0 Å². The van der Waals surface area contributed by atoms with E-state index < -0.39 is 41.0 Å². The second-order valence-electron chi connectivity index (χ2n) is 5.28. The van der Waals surface area contributed by atoms with E-state index in [9.17, 15) is 14.4 Å². The summed E-state index contributed by atoms with van der Waals surface area (Å²) in [5, 5.41) is 0. The standard InChI is InChI=1S/C5H11.3C3H6O2.Sn/c1-4-5(2)3;3*1-2-3(4)5;/h4H2,1-3H3;3*2H2,1H3,(H,4,5);/q;;;;+3/p-3. The Morgan fingerprint density at radius 2 is 1.05 bits per heavy atom. The van der Waals surface area contributed by atoms with Crippen LogP contribution in [-0.2, 0) is 23.6 Å². The molecule has 0 bridgehead atoms. The van der Waals surface area contributed by atoms with Gasteiger partial charge in [-0.25, -0.2) is 0 Å². The molecule has 21 heavy (non-hydrogen) atoms. The van der Waals surface area contributed by atoms with Crippen molar-refractivity contribution in [3.63, 3.8) is 0 Å². The van der Waals surface area contributed by atoms with E-state index in [1.807, 2.05) is 6.92 Å². The number of carbonyl (C=O) groups excluding carboxylic acids is 3. The molecule has 0 saturated heterocycles. The number of hydrogen-bond acceptors (Lipinski definition) is 6. The third kappa shape index (κ3) is 5.48. The van der Waals surface area contributed by atoms with Gasteiger partial charge in [0.1, 0.15) is 0 Å². The molecular weight excluding hydrogens is 383 g/mol. The van der Waals surface area contributed by atoms with Gasteiger partial charge >= 0.3 is 132 Å². The topological polar surface area (TPSA) is 78.9 Å². The Labute approximate surface area is 132 Å². The van der Waals surface area contributed by atoms with E-state index in [0.29, 0.717) is 6.42 Å². The predicted molar refractivity (Wildman–Crippen MR) is 79.2 cm³/mol. The van der Waals surface area contributed by atoms with Crippen LogP contribution in [0.25, 0.3) is 0 Å². The van der Waals surface area contributed by atoms with Crippen molar-refractivity contribution in [1.82, 2.24) is 0 Å². The van der Waals surface area contributed by atoms with E-state index in [1.165, 1.54) is 0 Å². The summed E-state index contributed by atoms with van der Waals surface area (Å²) in [6.45, 7) is 10.4. The SMILES string of the molecule is CCC(=O)[O][Sn]([O]C(=O)CC)([O]C(=O)CC)[C](C)(C)CC. The zero-order chi connectivity index (χ0) is 16.7. The summed E-state index contributed by atoms with van der Waals surface area (Å²) in [7, 11) is 0. The zero-order valence-corrected chi connectivity index (χ0v) is 16.6. The molecule has 0 atom stereocenters. The fourth-order valence-corrected chi connectivity index (χ4v) is 9.12. The summed E-state index contributed by atoms with van der Waals surface area (Å²) in [5.74, 6) is -1.54. The molecule has 7 heteroatoms. The van der Waals surface area contributed by atoms with Gasteiger partial charge in [-0.05, 0) is 0 Å². The molecule has 0 rings (SSSR count). The Balaban J connectivity index is 5.73. The molecule has 6 nitrogen and oxygen atoms in total. The van der Waals surface area contributed by atoms with Crippen LogP contribution < -0.4 is 0 Å². The Hall–Kier alpha value is -0.791. The molecule has 0 spiro atoms. The molecule has 0 unspecified atom stereocenters. The van der Waals surface area contributed by atoms with Crippen molar-refractivity contribution in [3.05, 3.63) is 0 Å². The normalized spacial score (nSPS) is 11.7. The van der Waals surface area contributed by atoms with E-state index >= 15 is 0 Å². The van der Waals surface area contributed by atoms with Crippen LogP contribution in [0.5, 0.6) is 0 Å². The molecule has 0 aromatic carbocycles. The number of carbonyl (C=O) groups is 3.